The molecule has 0 saturated heterocycles. The number of rotatable bonds is 5. The molecule has 3 heteroatoms. The van der Waals surface area contributed by atoms with Gasteiger partial charge in [0.1, 0.15) is 0 Å². The predicted octanol–water partition coefficient (Wildman–Crippen LogP) is 3.43. The third kappa shape index (κ3) is 5.38. The van der Waals surface area contributed by atoms with Crippen molar-refractivity contribution < 1.29 is 4.79 Å². The number of ketones is 1. The Hall–Kier alpha value is -0.370. The molecule has 2 nitrogen and oxygen atoms in total. The lowest BCUT2D eigenvalue weighted by molar-refractivity contribution is -0.119. The van der Waals surface area contributed by atoms with Crippen molar-refractivity contribution in [3.05, 3.63) is 0 Å². The second kappa shape index (κ2) is 6.18. The molecule has 0 aliphatic heterocycles. The second-order valence-electron chi connectivity index (χ2n) is 4.46. The smallest absolute Gasteiger partial charge is 0.197 e. The van der Waals surface area contributed by atoms with Gasteiger partial charge in [-0.3, -0.25) is 9.79 Å². The Kier molecular flexibility index (Phi) is 6.01. The summed E-state index contributed by atoms with van der Waals surface area (Å²) in [6.45, 7) is 8.33. The highest BCUT2D eigenvalue weighted by Crippen LogP contribution is 2.16. The molecule has 0 aromatic rings. The maximum atomic E-state index is 11.6. The van der Waals surface area contributed by atoms with E-state index in [0.717, 1.165) is 19.3 Å². The SMILES string of the molecule is CCCCCN=C(Cl)C(=O)C(C)(C)C. The molecule has 0 saturated carbocycles. The first-order valence-electron chi connectivity index (χ1n) is 5.14. The molecule has 0 heterocycles. The van der Waals surface area contributed by atoms with Gasteiger partial charge in [-0.15, -0.1) is 0 Å². The van der Waals surface area contributed by atoms with Gasteiger partial charge in [0, 0.05) is 12.0 Å². The van der Waals surface area contributed by atoms with Crippen molar-refractivity contribution in [1.82, 2.24) is 0 Å². The lowest BCUT2D eigenvalue weighted by atomic mass is 9.91. The molecular weight excluding hydrogens is 198 g/mol. The van der Waals surface area contributed by atoms with E-state index in [-0.39, 0.29) is 11.0 Å². The molecule has 14 heavy (non-hydrogen) atoms. The van der Waals surface area contributed by atoms with Crippen molar-refractivity contribution in [3.63, 3.8) is 0 Å². The van der Waals surface area contributed by atoms with Gasteiger partial charge >= 0.3 is 0 Å². The number of Topliss-reactive ketones (excluding diaryl/α,β-unsaturated/α-hetero) is 1. The Morgan fingerprint density at radius 1 is 1.29 bits per heavy atom. The maximum Gasteiger partial charge on any atom is 0.197 e. The molecule has 82 valence electrons. The second-order valence-corrected chi connectivity index (χ2v) is 4.82. The van der Waals surface area contributed by atoms with Crippen LogP contribution in [0.3, 0.4) is 0 Å². The Balaban J connectivity index is 4.05. The van der Waals surface area contributed by atoms with E-state index < -0.39 is 5.41 Å². The van der Waals surface area contributed by atoms with Crippen LogP contribution >= 0.6 is 11.6 Å². The molecule has 0 aliphatic rings. The van der Waals surface area contributed by atoms with Crippen molar-refractivity contribution in [2.24, 2.45) is 10.4 Å². The first kappa shape index (κ1) is 13.6. The monoisotopic (exact) mass is 217 g/mol. The largest absolute Gasteiger partial charge is 0.291 e. The van der Waals surface area contributed by atoms with Crippen LogP contribution in [0.2, 0.25) is 0 Å². The fourth-order valence-corrected chi connectivity index (χ4v) is 1.29. The molecule has 0 rings (SSSR count). The first-order chi connectivity index (χ1) is 6.39. The zero-order valence-electron chi connectivity index (χ0n) is 9.56. The average molecular weight is 218 g/mol. The number of aliphatic imine (C=N–C) groups is 1. The molecule has 0 aliphatic carbocycles. The molecular formula is C11H20ClNO. The number of nitrogens with zero attached hydrogens (tertiary/aromatic N) is 1. The fraction of sp³-hybridized carbons (Fsp3) is 0.818. The van der Waals surface area contributed by atoms with Crippen LogP contribution in [-0.2, 0) is 4.79 Å². The number of halogens is 1. The molecule has 0 aromatic carbocycles. The molecule has 0 unspecified atom stereocenters. The normalized spacial score (nSPS) is 13.1. The summed E-state index contributed by atoms with van der Waals surface area (Å²) in [5, 5.41) is 0.147. The quantitative estimate of drug-likeness (QED) is 0.513. The van der Waals surface area contributed by atoms with Crippen molar-refractivity contribution >= 4 is 22.6 Å². The van der Waals surface area contributed by atoms with Gasteiger partial charge in [0.2, 0.25) is 0 Å². The third-order valence-electron chi connectivity index (χ3n) is 1.88. The Morgan fingerprint density at radius 3 is 2.29 bits per heavy atom. The number of unbranched alkanes of at least 4 members (excludes halogenated alkanes) is 2. The summed E-state index contributed by atoms with van der Waals surface area (Å²) in [7, 11) is 0. The molecule has 0 fully saturated rings. The first-order valence-corrected chi connectivity index (χ1v) is 5.52. The average Bonchev–Trinajstić information content (AvgIpc) is 2.09. The zero-order chi connectivity index (χ0) is 11.2. The third-order valence-corrected chi connectivity index (χ3v) is 2.17. The van der Waals surface area contributed by atoms with Gasteiger partial charge in [0.15, 0.2) is 11.0 Å². The summed E-state index contributed by atoms with van der Waals surface area (Å²) in [6, 6.07) is 0. The van der Waals surface area contributed by atoms with E-state index in [1.165, 1.54) is 0 Å². The summed E-state index contributed by atoms with van der Waals surface area (Å²) < 4.78 is 0. The fourth-order valence-electron chi connectivity index (χ4n) is 0.920. The van der Waals surface area contributed by atoms with E-state index >= 15 is 0 Å². The number of hydrogen-bond acceptors (Lipinski definition) is 2. The van der Waals surface area contributed by atoms with Crippen molar-refractivity contribution in [2.75, 3.05) is 6.54 Å². The van der Waals surface area contributed by atoms with Crippen LogP contribution in [0.15, 0.2) is 4.99 Å². The van der Waals surface area contributed by atoms with E-state index in [2.05, 4.69) is 11.9 Å². The molecule has 0 radical (unpaired) electrons. The van der Waals surface area contributed by atoms with E-state index in [1.54, 1.807) is 0 Å². The molecule has 0 spiro atoms. The van der Waals surface area contributed by atoms with E-state index in [9.17, 15) is 4.79 Å². The van der Waals surface area contributed by atoms with E-state index in [1.807, 2.05) is 20.8 Å². The van der Waals surface area contributed by atoms with Crippen molar-refractivity contribution in [1.29, 1.82) is 0 Å². The lowest BCUT2D eigenvalue weighted by Gasteiger charge is -2.14. The van der Waals surface area contributed by atoms with Crippen molar-refractivity contribution in [2.45, 2.75) is 47.0 Å². The van der Waals surface area contributed by atoms with Gasteiger partial charge in [-0.25, -0.2) is 0 Å². The molecule has 0 N–H and O–H groups in total. The van der Waals surface area contributed by atoms with E-state index in [0.29, 0.717) is 6.54 Å². The summed E-state index contributed by atoms with van der Waals surface area (Å²) >= 11 is 5.80. The van der Waals surface area contributed by atoms with Gasteiger partial charge in [-0.05, 0) is 6.42 Å². The summed E-state index contributed by atoms with van der Waals surface area (Å²) in [5.41, 5.74) is -0.425. The zero-order valence-corrected chi connectivity index (χ0v) is 10.3. The minimum atomic E-state index is -0.425. The molecule has 0 aromatic heterocycles. The maximum absolute atomic E-state index is 11.6. The standard InChI is InChI=1S/C11H20ClNO/c1-5-6-7-8-13-10(12)9(14)11(2,3)4/h5-8H2,1-4H3. The molecule has 0 bridgehead atoms. The minimum absolute atomic E-state index is 0.0735. The summed E-state index contributed by atoms with van der Waals surface area (Å²) in [6.07, 6.45) is 3.29. The minimum Gasteiger partial charge on any atom is -0.291 e. The predicted molar refractivity (Wildman–Crippen MR) is 62.1 cm³/mol. The van der Waals surface area contributed by atoms with Crippen LogP contribution in [0.1, 0.15) is 47.0 Å². The van der Waals surface area contributed by atoms with Crippen LogP contribution in [0, 0.1) is 5.41 Å². The number of carbonyl (C=O) groups is 1. The highest BCUT2D eigenvalue weighted by atomic mass is 35.5. The number of carbonyl (C=O) groups excluding carboxylic acids is 1. The van der Waals surface area contributed by atoms with Gasteiger partial charge in [0.05, 0.1) is 0 Å². The topological polar surface area (TPSA) is 29.4 Å². The van der Waals surface area contributed by atoms with Crippen LogP contribution in [0.4, 0.5) is 0 Å². The molecule has 0 amide bonds. The van der Waals surface area contributed by atoms with Gasteiger partial charge in [0.25, 0.3) is 0 Å². The van der Waals surface area contributed by atoms with Gasteiger partial charge < -0.3 is 0 Å². The van der Waals surface area contributed by atoms with Gasteiger partial charge in [-0.2, -0.15) is 0 Å². The van der Waals surface area contributed by atoms with Crippen LogP contribution < -0.4 is 0 Å². The highest BCUT2D eigenvalue weighted by molar-refractivity contribution is 6.83. The van der Waals surface area contributed by atoms with Crippen LogP contribution in [0.25, 0.3) is 0 Å². The molecule has 0 atom stereocenters. The summed E-state index contributed by atoms with van der Waals surface area (Å²) in [4.78, 5) is 15.6. The lowest BCUT2D eigenvalue weighted by Crippen LogP contribution is -2.25. The Labute approximate surface area is 91.7 Å². The number of hydrogen-bond donors (Lipinski definition) is 0. The van der Waals surface area contributed by atoms with Crippen LogP contribution in [0.5, 0.6) is 0 Å². The van der Waals surface area contributed by atoms with E-state index in [4.69, 9.17) is 11.6 Å². The highest BCUT2D eigenvalue weighted by Gasteiger charge is 2.24. The van der Waals surface area contributed by atoms with Crippen LogP contribution in [-0.4, -0.2) is 17.5 Å². The Bertz CT molecular complexity index is 216. The summed E-state index contributed by atoms with van der Waals surface area (Å²) in [5.74, 6) is -0.0735. The Morgan fingerprint density at radius 2 is 1.86 bits per heavy atom. The van der Waals surface area contributed by atoms with Gasteiger partial charge in [-0.1, -0.05) is 52.1 Å². The van der Waals surface area contributed by atoms with Crippen molar-refractivity contribution in [3.8, 4) is 0 Å².